The summed E-state index contributed by atoms with van der Waals surface area (Å²) in [7, 11) is 0. The predicted molar refractivity (Wildman–Crippen MR) is 73.8 cm³/mol. The molecule has 0 spiro atoms. The first-order chi connectivity index (χ1) is 12.4. The van der Waals surface area contributed by atoms with E-state index < -0.39 is 64.3 Å². The second kappa shape index (κ2) is 6.89. The number of carbonyl (C=O) groups excluding carboxylic acids is 1. The molecule has 0 fully saturated rings. The number of halogens is 7. The fourth-order valence-electron chi connectivity index (χ4n) is 1.96. The van der Waals surface area contributed by atoms with E-state index in [1.807, 2.05) is 0 Å². The maximum Gasteiger partial charge on any atom is 0.422 e. The Bertz CT molecular complexity index is 894. The number of benzene rings is 1. The molecule has 0 saturated carbocycles. The van der Waals surface area contributed by atoms with Gasteiger partial charge >= 0.3 is 12.1 Å². The van der Waals surface area contributed by atoms with Crippen molar-refractivity contribution < 1.29 is 45.4 Å². The molecule has 1 heterocycles. The highest BCUT2D eigenvalue weighted by atomic mass is 19.4. The summed E-state index contributed by atoms with van der Waals surface area (Å²) in [6, 6.07) is -0.303. The Hall–Kier alpha value is -3.12. The van der Waals surface area contributed by atoms with Gasteiger partial charge in [0.1, 0.15) is 17.3 Å². The van der Waals surface area contributed by atoms with Crippen LogP contribution in [-0.4, -0.2) is 26.8 Å². The zero-order chi connectivity index (χ0) is 20.7. The Kier molecular flexibility index (Phi) is 5.15. The molecule has 13 heteroatoms. The number of aromatic nitrogens is 2. The second-order valence-electron chi connectivity index (χ2n) is 5.15. The first-order valence-electron chi connectivity index (χ1n) is 6.88. The Labute approximate surface area is 145 Å². The van der Waals surface area contributed by atoms with Crippen molar-refractivity contribution in [2.75, 3.05) is 5.32 Å². The number of nitrogens with one attached hydrogen (secondary N) is 1. The van der Waals surface area contributed by atoms with Gasteiger partial charge in [0.25, 0.3) is 5.91 Å². The highest BCUT2D eigenvalue weighted by Crippen LogP contribution is 2.38. The molecule has 1 unspecified atom stereocenters. The van der Waals surface area contributed by atoms with Crippen molar-refractivity contribution >= 4 is 17.6 Å². The number of carbonyl (C=O) groups is 2. The van der Waals surface area contributed by atoms with Crippen molar-refractivity contribution in [1.82, 2.24) is 9.78 Å². The molecule has 1 atom stereocenters. The Morgan fingerprint density at radius 2 is 1.63 bits per heavy atom. The number of amides is 1. The standard InChI is InChI=1S/C14H8F7N3O3/c1-4(13(26)27)24-3-2-5(23-24)12(25)22-11-9(17)7(15)6(14(19,20)21)8(16)10(11)18/h2-4H,1H3,(H,22,25)(H,26,27). The summed E-state index contributed by atoms with van der Waals surface area (Å²) in [6.07, 6.45) is -4.70. The van der Waals surface area contributed by atoms with Gasteiger partial charge in [0.2, 0.25) is 0 Å². The van der Waals surface area contributed by atoms with Crippen molar-refractivity contribution in [2.45, 2.75) is 19.1 Å². The normalized spacial score (nSPS) is 12.7. The third kappa shape index (κ3) is 3.71. The van der Waals surface area contributed by atoms with E-state index in [-0.39, 0.29) is 0 Å². The zero-order valence-corrected chi connectivity index (χ0v) is 13.0. The maximum absolute atomic E-state index is 13.7. The molecule has 2 aromatic rings. The van der Waals surface area contributed by atoms with Crippen LogP contribution in [0.5, 0.6) is 0 Å². The molecule has 27 heavy (non-hydrogen) atoms. The number of carboxylic acids is 1. The topological polar surface area (TPSA) is 84.2 Å². The molecule has 0 aliphatic heterocycles. The van der Waals surface area contributed by atoms with Crippen LogP contribution < -0.4 is 5.32 Å². The smallest absolute Gasteiger partial charge is 0.422 e. The van der Waals surface area contributed by atoms with Crippen LogP contribution in [0.2, 0.25) is 0 Å². The summed E-state index contributed by atoms with van der Waals surface area (Å²) in [5.74, 6) is -13.2. The monoisotopic (exact) mass is 399 g/mol. The molecule has 2 N–H and O–H groups in total. The van der Waals surface area contributed by atoms with Crippen LogP contribution in [0, 0.1) is 23.3 Å². The number of nitrogens with zero attached hydrogens (tertiary/aromatic N) is 2. The van der Waals surface area contributed by atoms with E-state index in [4.69, 9.17) is 5.11 Å². The van der Waals surface area contributed by atoms with Gasteiger partial charge in [0.05, 0.1) is 0 Å². The molecular weight excluding hydrogens is 391 g/mol. The van der Waals surface area contributed by atoms with Gasteiger partial charge in [-0.25, -0.2) is 22.4 Å². The van der Waals surface area contributed by atoms with Gasteiger partial charge in [-0.15, -0.1) is 0 Å². The fraction of sp³-hybridized carbons (Fsp3) is 0.214. The Morgan fingerprint density at radius 3 is 2.07 bits per heavy atom. The minimum Gasteiger partial charge on any atom is -0.480 e. The highest BCUT2D eigenvalue weighted by molar-refractivity contribution is 6.03. The third-order valence-corrected chi connectivity index (χ3v) is 3.38. The number of aliphatic carboxylic acids is 1. The minimum absolute atomic E-state index is 0.609. The summed E-state index contributed by atoms with van der Waals surface area (Å²) in [5.41, 5.74) is -5.18. The lowest BCUT2D eigenvalue weighted by molar-refractivity contribution is -0.143. The summed E-state index contributed by atoms with van der Waals surface area (Å²) in [4.78, 5) is 22.7. The summed E-state index contributed by atoms with van der Waals surface area (Å²) in [6.45, 7) is 1.19. The highest BCUT2D eigenvalue weighted by Gasteiger charge is 2.42. The number of hydrogen-bond donors (Lipinski definition) is 2. The van der Waals surface area contributed by atoms with Gasteiger partial charge in [0, 0.05) is 6.20 Å². The average Bonchev–Trinajstić information content (AvgIpc) is 3.04. The van der Waals surface area contributed by atoms with Crippen molar-refractivity contribution in [2.24, 2.45) is 0 Å². The van der Waals surface area contributed by atoms with Gasteiger partial charge in [-0.3, -0.25) is 9.48 Å². The minimum atomic E-state index is -5.72. The molecule has 1 amide bonds. The van der Waals surface area contributed by atoms with Gasteiger partial charge in [-0.1, -0.05) is 0 Å². The molecule has 0 radical (unpaired) electrons. The summed E-state index contributed by atoms with van der Waals surface area (Å²) < 4.78 is 92.8. The van der Waals surface area contributed by atoms with E-state index in [2.05, 4.69) is 5.10 Å². The van der Waals surface area contributed by atoms with Gasteiger partial charge in [-0.2, -0.15) is 18.3 Å². The largest absolute Gasteiger partial charge is 0.480 e. The van der Waals surface area contributed by atoms with Crippen molar-refractivity contribution in [3.8, 4) is 0 Å². The van der Waals surface area contributed by atoms with Crippen LogP contribution in [0.4, 0.5) is 36.4 Å². The van der Waals surface area contributed by atoms with E-state index in [1.54, 1.807) is 0 Å². The molecule has 1 aromatic heterocycles. The lowest BCUT2D eigenvalue weighted by atomic mass is 10.1. The van der Waals surface area contributed by atoms with E-state index in [0.29, 0.717) is 0 Å². The molecule has 146 valence electrons. The van der Waals surface area contributed by atoms with Crippen LogP contribution >= 0.6 is 0 Å². The lowest BCUT2D eigenvalue weighted by Crippen LogP contribution is -2.21. The van der Waals surface area contributed by atoms with Crippen molar-refractivity contribution in [1.29, 1.82) is 0 Å². The summed E-state index contributed by atoms with van der Waals surface area (Å²) in [5, 5.41) is 13.7. The predicted octanol–water partition coefficient (Wildman–Crippen LogP) is 3.36. The van der Waals surface area contributed by atoms with Crippen LogP contribution in [0.3, 0.4) is 0 Å². The summed E-state index contributed by atoms with van der Waals surface area (Å²) >= 11 is 0. The van der Waals surface area contributed by atoms with Gasteiger partial charge in [-0.05, 0) is 13.0 Å². The first-order valence-corrected chi connectivity index (χ1v) is 6.88. The number of carboxylic acid groups (broad SMARTS) is 1. The molecule has 1 aromatic carbocycles. The van der Waals surface area contributed by atoms with E-state index in [9.17, 15) is 40.3 Å². The maximum atomic E-state index is 13.7. The molecule has 2 rings (SSSR count). The van der Waals surface area contributed by atoms with E-state index >= 15 is 0 Å². The number of rotatable bonds is 4. The molecular formula is C14H8F7N3O3. The molecule has 0 aliphatic rings. The number of anilines is 1. The van der Waals surface area contributed by atoms with Gasteiger partial charge in [0.15, 0.2) is 29.0 Å². The molecule has 0 bridgehead atoms. The van der Waals surface area contributed by atoms with Crippen molar-refractivity contribution in [3.63, 3.8) is 0 Å². The first kappa shape index (κ1) is 20.2. The van der Waals surface area contributed by atoms with Gasteiger partial charge < -0.3 is 10.4 Å². The van der Waals surface area contributed by atoms with E-state index in [0.717, 1.165) is 16.9 Å². The van der Waals surface area contributed by atoms with Crippen LogP contribution in [0.15, 0.2) is 12.3 Å². The van der Waals surface area contributed by atoms with Crippen LogP contribution in [-0.2, 0) is 11.0 Å². The van der Waals surface area contributed by atoms with Crippen LogP contribution in [0.25, 0.3) is 0 Å². The van der Waals surface area contributed by atoms with Crippen molar-refractivity contribution in [3.05, 3.63) is 46.8 Å². The molecule has 6 nitrogen and oxygen atoms in total. The van der Waals surface area contributed by atoms with Crippen LogP contribution in [0.1, 0.15) is 29.0 Å². The molecule has 0 saturated heterocycles. The number of alkyl halides is 3. The Morgan fingerprint density at radius 1 is 1.11 bits per heavy atom. The average molecular weight is 399 g/mol. The SMILES string of the molecule is CC(C(=O)O)n1ccc(C(=O)Nc2c(F)c(F)c(C(F)(F)F)c(F)c2F)n1. The van der Waals surface area contributed by atoms with E-state index in [1.165, 1.54) is 12.2 Å². The Balaban J connectivity index is 2.41. The second-order valence-corrected chi connectivity index (χ2v) is 5.15. The fourth-order valence-corrected chi connectivity index (χ4v) is 1.96. The molecule has 0 aliphatic carbocycles. The quantitative estimate of drug-likeness (QED) is 0.610. The third-order valence-electron chi connectivity index (χ3n) is 3.38. The lowest BCUT2D eigenvalue weighted by Gasteiger charge is -2.14. The zero-order valence-electron chi connectivity index (χ0n) is 13.0. The number of hydrogen-bond acceptors (Lipinski definition) is 3.